The van der Waals surface area contributed by atoms with Gasteiger partial charge in [-0.15, -0.1) is 0 Å². The molecular weight excluding hydrogens is 604 g/mol. The smallest absolute Gasteiger partial charge is 0.287 e. The van der Waals surface area contributed by atoms with Crippen LogP contribution in [0, 0.1) is 0 Å². The van der Waals surface area contributed by atoms with E-state index in [2.05, 4.69) is 39.9 Å². The summed E-state index contributed by atoms with van der Waals surface area (Å²) in [4.78, 5) is 46.9. The number of anilines is 1. The third-order valence-electron chi connectivity index (χ3n) is 8.76. The molecule has 0 spiro atoms. The normalized spacial score (nSPS) is 13.8. The summed E-state index contributed by atoms with van der Waals surface area (Å²) in [5, 5.41) is 6.10. The van der Waals surface area contributed by atoms with Crippen LogP contribution >= 0.6 is 0 Å². The lowest BCUT2D eigenvalue weighted by Crippen LogP contribution is -2.49. The van der Waals surface area contributed by atoms with Gasteiger partial charge in [-0.25, -0.2) is 4.98 Å². The molecule has 3 aromatic carbocycles. The van der Waals surface area contributed by atoms with Crippen molar-refractivity contribution in [2.24, 2.45) is 0 Å². The van der Waals surface area contributed by atoms with Gasteiger partial charge in [0.2, 0.25) is 11.7 Å². The highest BCUT2D eigenvalue weighted by molar-refractivity contribution is 5.91. The zero-order chi connectivity index (χ0) is 33.6. The largest absolute Gasteiger partial charge is 0.478 e. The summed E-state index contributed by atoms with van der Waals surface area (Å²) < 4.78 is 8.25. The van der Waals surface area contributed by atoms with Gasteiger partial charge in [0.15, 0.2) is 6.10 Å². The zero-order valence-electron chi connectivity index (χ0n) is 27.4. The van der Waals surface area contributed by atoms with Gasteiger partial charge in [0, 0.05) is 46.3 Å². The van der Waals surface area contributed by atoms with Crippen molar-refractivity contribution in [3.05, 3.63) is 131 Å². The molecular formula is C38H40N6O4. The summed E-state index contributed by atoms with van der Waals surface area (Å²) in [7, 11) is 4.98. The lowest BCUT2D eigenvalue weighted by Gasteiger charge is -2.34. The first-order chi connectivity index (χ1) is 23.3. The Morgan fingerprint density at radius 3 is 2.33 bits per heavy atom. The number of amides is 3. The van der Waals surface area contributed by atoms with Crippen molar-refractivity contribution < 1.29 is 19.1 Å². The summed E-state index contributed by atoms with van der Waals surface area (Å²) in [6, 6.07) is 30.0. The number of para-hydroxylation sites is 1. The predicted octanol–water partition coefficient (Wildman–Crippen LogP) is 4.75. The number of ether oxygens (including phenoxy) is 1. The van der Waals surface area contributed by atoms with E-state index in [-0.39, 0.29) is 30.2 Å². The first-order valence-electron chi connectivity index (χ1n) is 16.1. The van der Waals surface area contributed by atoms with Crippen LogP contribution < -0.4 is 15.4 Å². The zero-order valence-corrected chi connectivity index (χ0v) is 27.4. The van der Waals surface area contributed by atoms with Crippen LogP contribution in [0.15, 0.2) is 103 Å². The first-order valence-corrected chi connectivity index (χ1v) is 16.1. The molecule has 1 unspecified atom stereocenters. The van der Waals surface area contributed by atoms with Gasteiger partial charge < -0.3 is 25.2 Å². The van der Waals surface area contributed by atoms with Crippen LogP contribution in [0.5, 0.6) is 5.75 Å². The molecule has 2 aromatic heterocycles. The fourth-order valence-corrected chi connectivity index (χ4v) is 6.09. The molecule has 0 bridgehead atoms. The Morgan fingerprint density at radius 1 is 0.958 bits per heavy atom. The molecule has 0 saturated heterocycles. The molecule has 1 aliphatic rings. The summed E-state index contributed by atoms with van der Waals surface area (Å²) in [6.07, 6.45) is 3.94. The minimum absolute atomic E-state index is 0.0483. The van der Waals surface area contributed by atoms with E-state index in [0.717, 1.165) is 33.5 Å². The fourth-order valence-electron chi connectivity index (χ4n) is 6.09. The van der Waals surface area contributed by atoms with Crippen LogP contribution in [-0.4, -0.2) is 77.2 Å². The molecule has 0 saturated carbocycles. The van der Waals surface area contributed by atoms with Crippen LogP contribution in [0.25, 0.3) is 5.52 Å². The fraction of sp³-hybridized carbons (Fsp3) is 0.263. The van der Waals surface area contributed by atoms with E-state index in [4.69, 9.17) is 4.74 Å². The van der Waals surface area contributed by atoms with Gasteiger partial charge in [0.25, 0.3) is 11.8 Å². The maximum atomic E-state index is 14.3. The van der Waals surface area contributed by atoms with Gasteiger partial charge in [0.1, 0.15) is 5.75 Å². The first kappa shape index (κ1) is 32.3. The molecule has 1 aliphatic heterocycles. The Bertz CT molecular complexity index is 1870. The van der Waals surface area contributed by atoms with Gasteiger partial charge in [-0.3, -0.25) is 18.8 Å². The third kappa shape index (κ3) is 7.02. The maximum Gasteiger partial charge on any atom is 0.287 e. The molecule has 5 aromatic rings. The van der Waals surface area contributed by atoms with Crippen molar-refractivity contribution in [3.8, 4) is 5.75 Å². The molecule has 0 aliphatic carbocycles. The second kappa shape index (κ2) is 14.4. The lowest BCUT2D eigenvalue weighted by atomic mass is 9.90. The Kier molecular flexibility index (Phi) is 9.70. The number of aromatic nitrogens is 2. The summed E-state index contributed by atoms with van der Waals surface area (Å²) in [5.74, 6) is 0.239. The van der Waals surface area contributed by atoms with Gasteiger partial charge in [0.05, 0.1) is 23.9 Å². The van der Waals surface area contributed by atoms with Gasteiger partial charge in [-0.2, -0.15) is 0 Å². The molecule has 0 radical (unpaired) electrons. The monoisotopic (exact) mass is 644 g/mol. The third-order valence-corrected chi connectivity index (χ3v) is 8.76. The standard InChI is InChI=1S/C38H40N6O4/c1-39-37(46)36-41-23-30-21-26(19-20-44(30)36)22-40-32-16-10-15-29-17-18-33(48-35(29)32)38(47)43(25-34(45)42(2)3)24-31(27-11-6-4-7-12-27)28-13-8-5-9-14-28/h4-16,19-21,23,31,33,40H,17-18,22,24-25H2,1-3H3,(H,39,46). The van der Waals surface area contributed by atoms with Crippen molar-refractivity contribution in [2.75, 3.05) is 39.5 Å². The van der Waals surface area contributed by atoms with Gasteiger partial charge in [-0.05, 0) is 53.3 Å². The van der Waals surface area contributed by atoms with Crippen LogP contribution in [0.3, 0.4) is 0 Å². The van der Waals surface area contributed by atoms with Crippen molar-refractivity contribution in [3.63, 3.8) is 0 Å². The number of nitrogens with one attached hydrogen (secondary N) is 2. The number of benzene rings is 3. The second-order valence-electron chi connectivity index (χ2n) is 12.2. The molecule has 246 valence electrons. The van der Waals surface area contributed by atoms with Crippen molar-refractivity contribution in [1.29, 1.82) is 0 Å². The van der Waals surface area contributed by atoms with Crippen LogP contribution in [0.1, 0.15) is 45.2 Å². The predicted molar refractivity (Wildman–Crippen MR) is 185 cm³/mol. The molecule has 0 fully saturated rings. The van der Waals surface area contributed by atoms with Crippen molar-refractivity contribution in [2.45, 2.75) is 31.4 Å². The summed E-state index contributed by atoms with van der Waals surface area (Å²) >= 11 is 0. The Balaban J connectivity index is 1.22. The molecule has 6 rings (SSSR count). The average molecular weight is 645 g/mol. The highest BCUT2D eigenvalue weighted by Gasteiger charge is 2.34. The molecule has 10 heteroatoms. The highest BCUT2D eigenvalue weighted by Crippen LogP contribution is 2.36. The van der Waals surface area contributed by atoms with E-state index in [1.165, 1.54) is 4.90 Å². The van der Waals surface area contributed by atoms with Crippen molar-refractivity contribution >= 4 is 28.9 Å². The Hall–Kier alpha value is -5.64. The number of likely N-dealkylation sites (N-methyl/N-ethyl adjacent to an activating group) is 1. The number of pyridine rings is 1. The summed E-state index contributed by atoms with van der Waals surface area (Å²) in [5.41, 5.74) is 5.74. The molecule has 48 heavy (non-hydrogen) atoms. The molecule has 10 nitrogen and oxygen atoms in total. The lowest BCUT2D eigenvalue weighted by molar-refractivity contribution is -0.144. The number of fused-ring (bicyclic) bond motifs is 2. The molecule has 3 amide bonds. The number of hydrogen-bond donors (Lipinski definition) is 2. The Labute approximate surface area is 280 Å². The van der Waals surface area contributed by atoms with Crippen LogP contribution in [-0.2, 0) is 22.6 Å². The van der Waals surface area contributed by atoms with Crippen LogP contribution in [0.4, 0.5) is 5.69 Å². The minimum Gasteiger partial charge on any atom is -0.478 e. The van der Waals surface area contributed by atoms with Crippen LogP contribution in [0.2, 0.25) is 0 Å². The number of nitrogens with zero attached hydrogens (tertiary/aromatic N) is 4. The number of imidazole rings is 1. The van der Waals surface area contributed by atoms with E-state index in [0.29, 0.717) is 37.5 Å². The van der Waals surface area contributed by atoms with E-state index in [9.17, 15) is 14.4 Å². The van der Waals surface area contributed by atoms with E-state index < -0.39 is 6.10 Å². The van der Waals surface area contributed by atoms with Gasteiger partial charge in [-0.1, -0.05) is 72.8 Å². The molecule has 2 N–H and O–H groups in total. The van der Waals surface area contributed by atoms with E-state index in [1.807, 2.05) is 72.9 Å². The number of hydrogen-bond acceptors (Lipinski definition) is 6. The minimum atomic E-state index is -0.742. The topological polar surface area (TPSA) is 108 Å². The highest BCUT2D eigenvalue weighted by atomic mass is 16.5. The molecule has 3 heterocycles. The molecule has 1 atom stereocenters. The number of aryl methyl sites for hydroxylation is 1. The van der Waals surface area contributed by atoms with E-state index >= 15 is 0 Å². The SMILES string of the molecule is CNC(=O)c1ncc2cc(CNc3cccc4c3OC(C(=O)N(CC(=O)N(C)C)CC(c3ccccc3)c3ccccc3)CC4)ccn12. The quantitative estimate of drug-likeness (QED) is 0.215. The van der Waals surface area contributed by atoms with E-state index in [1.54, 1.807) is 36.6 Å². The second-order valence-corrected chi connectivity index (χ2v) is 12.2. The van der Waals surface area contributed by atoms with Gasteiger partial charge >= 0.3 is 0 Å². The summed E-state index contributed by atoms with van der Waals surface area (Å²) in [6.45, 7) is 0.778. The number of rotatable bonds is 11. The number of carbonyl (C=O) groups is 3. The average Bonchev–Trinajstić information content (AvgIpc) is 3.55. The Morgan fingerprint density at radius 2 is 1.67 bits per heavy atom. The van der Waals surface area contributed by atoms with Crippen molar-refractivity contribution in [1.82, 2.24) is 24.5 Å². The number of carbonyl (C=O) groups excluding carboxylic acids is 3. The maximum absolute atomic E-state index is 14.3.